The van der Waals surface area contributed by atoms with Crippen molar-refractivity contribution in [1.82, 2.24) is 4.90 Å². The maximum absolute atomic E-state index is 11.4. The molecule has 0 unspecified atom stereocenters. The van der Waals surface area contributed by atoms with E-state index in [1.54, 1.807) is 13.0 Å². The van der Waals surface area contributed by atoms with Crippen molar-refractivity contribution in [2.45, 2.75) is 13.5 Å². The van der Waals surface area contributed by atoms with E-state index in [2.05, 4.69) is 6.58 Å². The van der Waals surface area contributed by atoms with Gasteiger partial charge in [0.25, 0.3) is 0 Å². The molecular weight excluding hydrogens is 218 g/mol. The molecule has 0 aliphatic carbocycles. The van der Waals surface area contributed by atoms with Crippen LogP contribution in [0.1, 0.15) is 12.5 Å². The van der Waals surface area contributed by atoms with Gasteiger partial charge in [0.2, 0.25) is 0 Å². The molecule has 17 heavy (non-hydrogen) atoms. The standard InChI is InChI=1S/C13H15NO3/c1-9(2)13(15)17-11-4-5-12-10(6-11)7-14(3)8-16-12/h4-6H,1,7-8H2,2-3H3. The molecule has 0 aromatic heterocycles. The Hall–Kier alpha value is -1.81. The van der Waals surface area contributed by atoms with Crippen molar-refractivity contribution in [3.8, 4) is 11.5 Å². The van der Waals surface area contributed by atoms with E-state index in [-0.39, 0.29) is 0 Å². The van der Waals surface area contributed by atoms with Crippen LogP contribution in [0.25, 0.3) is 0 Å². The Kier molecular flexibility index (Phi) is 3.15. The molecule has 0 fully saturated rings. The van der Waals surface area contributed by atoms with E-state index >= 15 is 0 Å². The average molecular weight is 233 g/mol. The highest BCUT2D eigenvalue weighted by atomic mass is 16.5. The van der Waals surface area contributed by atoms with E-state index in [4.69, 9.17) is 9.47 Å². The van der Waals surface area contributed by atoms with Crippen molar-refractivity contribution >= 4 is 5.97 Å². The first kappa shape index (κ1) is 11.7. The molecule has 0 atom stereocenters. The van der Waals surface area contributed by atoms with Crippen LogP contribution < -0.4 is 9.47 Å². The molecule has 0 spiro atoms. The molecule has 90 valence electrons. The van der Waals surface area contributed by atoms with E-state index in [0.29, 0.717) is 18.1 Å². The molecular formula is C13H15NO3. The van der Waals surface area contributed by atoms with Gasteiger partial charge in [-0.15, -0.1) is 0 Å². The largest absolute Gasteiger partial charge is 0.478 e. The molecule has 0 bridgehead atoms. The van der Waals surface area contributed by atoms with Crippen LogP contribution in [0.5, 0.6) is 11.5 Å². The van der Waals surface area contributed by atoms with Gasteiger partial charge in [-0.3, -0.25) is 4.90 Å². The van der Waals surface area contributed by atoms with Gasteiger partial charge in [-0.05, 0) is 32.2 Å². The number of fused-ring (bicyclic) bond motifs is 1. The van der Waals surface area contributed by atoms with Crippen LogP contribution in [0.15, 0.2) is 30.4 Å². The third kappa shape index (κ3) is 2.65. The lowest BCUT2D eigenvalue weighted by Gasteiger charge is -2.25. The van der Waals surface area contributed by atoms with Gasteiger partial charge >= 0.3 is 5.97 Å². The van der Waals surface area contributed by atoms with E-state index < -0.39 is 5.97 Å². The summed E-state index contributed by atoms with van der Waals surface area (Å²) in [7, 11) is 1.97. The molecule has 1 aromatic carbocycles. The van der Waals surface area contributed by atoms with Crippen LogP contribution in [0.2, 0.25) is 0 Å². The van der Waals surface area contributed by atoms with Crippen molar-refractivity contribution < 1.29 is 14.3 Å². The van der Waals surface area contributed by atoms with Crippen LogP contribution in [-0.4, -0.2) is 24.6 Å². The molecule has 2 rings (SSSR count). The van der Waals surface area contributed by atoms with Crippen molar-refractivity contribution in [2.75, 3.05) is 13.8 Å². The van der Waals surface area contributed by atoms with Crippen LogP contribution in [0.3, 0.4) is 0 Å². The van der Waals surface area contributed by atoms with Gasteiger partial charge in [0, 0.05) is 17.7 Å². The SMILES string of the molecule is C=C(C)C(=O)Oc1ccc2c(c1)CN(C)CO2. The van der Waals surface area contributed by atoms with Crippen LogP contribution in [-0.2, 0) is 11.3 Å². The fourth-order valence-electron chi connectivity index (χ4n) is 1.59. The van der Waals surface area contributed by atoms with Gasteiger partial charge < -0.3 is 9.47 Å². The predicted octanol–water partition coefficient (Wildman–Crippen LogP) is 1.95. The summed E-state index contributed by atoms with van der Waals surface area (Å²) in [6.45, 7) is 6.53. The Morgan fingerprint density at radius 3 is 3.00 bits per heavy atom. The highest BCUT2D eigenvalue weighted by Gasteiger charge is 2.15. The van der Waals surface area contributed by atoms with Crippen molar-refractivity contribution in [1.29, 1.82) is 0 Å². The summed E-state index contributed by atoms with van der Waals surface area (Å²) in [5.74, 6) is 0.962. The zero-order chi connectivity index (χ0) is 12.4. The minimum atomic E-state index is -0.407. The van der Waals surface area contributed by atoms with Gasteiger partial charge in [0.15, 0.2) is 0 Å². The molecule has 0 saturated heterocycles. The molecule has 0 amide bonds. The van der Waals surface area contributed by atoms with Crippen LogP contribution >= 0.6 is 0 Å². The molecule has 4 heteroatoms. The maximum Gasteiger partial charge on any atom is 0.338 e. The first-order valence-corrected chi connectivity index (χ1v) is 5.38. The minimum Gasteiger partial charge on any atom is -0.478 e. The second-order valence-electron chi connectivity index (χ2n) is 4.23. The zero-order valence-corrected chi connectivity index (χ0v) is 10.0. The smallest absolute Gasteiger partial charge is 0.338 e. The molecule has 4 nitrogen and oxygen atoms in total. The Balaban J connectivity index is 2.18. The van der Waals surface area contributed by atoms with Crippen molar-refractivity contribution in [2.24, 2.45) is 0 Å². The second-order valence-corrected chi connectivity index (χ2v) is 4.23. The molecule has 1 aliphatic rings. The van der Waals surface area contributed by atoms with Crippen molar-refractivity contribution in [3.05, 3.63) is 35.9 Å². The van der Waals surface area contributed by atoms with Crippen molar-refractivity contribution in [3.63, 3.8) is 0 Å². The fourth-order valence-corrected chi connectivity index (χ4v) is 1.59. The lowest BCUT2D eigenvalue weighted by molar-refractivity contribution is -0.130. The molecule has 0 saturated carbocycles. The highest BCUT2D eigenvalue weighted by molar-refractivity contribution is 5.88. The highest BCUT2D eigenvalue weighted by Crippen LogP contribution is 2.28. The number of rotatable bonds is 2. The topological polar surface area (TPSA) is 38.8 Å². The number of hydrogen-bond acceptors (Lipinski definition) is 4. The summed E-state index contributed by atoms with van der Waals surface area (Å²) in [5, 5.41) is 0. The first-order chi connectivity index (χ1) is 8.06. The fraction of sp³-hybridized carbons (Fsp3) is 0.308. The summed E-state index contributed by atoms with van der Waals surface area (Å²) in [5.41, 5.74) is 1.40. The molecule has 0 radical (unpaired) electrons. The average Bonchev–Trinajstić information content (AvgIpc) is 2.28. The first-order valence-electron chi connectivity index (χ1n) is 5.38. The number of ether oxygens (including phenoxy) is 2. The maximum atomic E-state index is 11.4. The van der Waals surface area contributed by atoms with Crippen LogP contribution in [0, 0.1) is 0 Å². The van der Waals surface area contributed by atoms with E-state index in [1.807, 2.05) is 24.1 Å². The summed E-state index contributed by atoms with van der Waals surface area (Å²) in [6.07, 6.45) is 0. The molecule has 0 N–H and O–H groups in total. The number of esters is 1. The summed E-state index contributed by atoms with van der Waals surface area (Å²) in [4.78, 5) is 13.4. The number of nitrogens with zero attached hydrogens (tertiary/aromatic N) is 1. The van der Waals surface area contributed by atoms with E-state index in [0.717, 1.165) is 17.9 Å². The normalized spacial score (nSPS) is 14.7. The lowest BCUT2D eigenvalue weighted by atomic mass is 10.1. The minimum absolute atomic E-state index is 0.385. The zero-order valence-electron chi connectivity index (χ0n) is 10.0. The predicted molar refractivity (Wildman–Crippen MR) is 63.9 cm³/mol. The Morgan fingerprint density at radius 2 is 2.29 bits per heavy atom. The number of carbonyl (C=O) groups excluding carboxylic acids is 1. The van der Waals surface area contributed by atoms with Gasteiger partial charge in [-0.25, -0.2) is 4.79 Å². The second kappa shape index (κ2) is 4.59. The number of carbonyl (C=O) groups is 1. The molecule has 1 aromatic rings. The van der Waals surface area contributed by atoms with Crippen LogP contribution in [0.4, 0.5) is 0 Å². The van der Waals surface area contributed by atoms with Gasteiger partial charge in [0.05, 0.1) is 0 Å². The Labute approximate surface area is 100 Å². The Morgan fingerprint density at radius 1 is 1.53 bits per heavy atom. The van der Waals surface area contributed by atoms with E-state index in [9.17, 15) is 4.79 Å². The molecule has 1 heterocycles. The number of benzene rings is 1. The van der Waals surface area contributed by atoms with Gasteiger partial charge in [-0.2, -0.15) is 0 Å². The van der Waals surface area contributed by atoms with E-state index in [1.165, 1.54) is 0 Å². The third-order valence-electron chi connectivity index (χ3n) is 2.47. The van der Waals surface area contributed by atoms with Gasteiger partial charge in [0.1, 0.15) is 18.2 Å². The number of hydrogen-bond donors (Lipinski definition) is 0. The van der Waals surface area contributed by atoms with Gasteiger partial charge in [-0.1, -0.05) is 6.58 Å². The lowest BCUT2D eigenvalue weighted by Crippen LogP contribution is -2.28. The third-order valence-corrected chi connectivity index (χ3v) is 2.47. The summed E-state index contributed by atoms with van der Waals surface area (Å²) < 4.78 is 10.7. The quantitative estimate of drug-likeness (QED) is 0.444. The Bertz CT molecular complexity index is 468. The summed E-state index contributed by atoms with van der Waals surface area (Å²) >= 11 is 0. The molecule has 1 aliphatic heterocycles. The monoisotopic (exact) mass is 233 g/mol. The summed E-state index contributed by atoms with van der Waals surface area (Å²) in [6, 6.07) is 5.38.